The van der Waals surface area contributed by atoms with Crippen LogP contribution in [0.4, 0.5) is 0 Å². The maximum Gasteiger partial charge on any atom is 0.276 e. The average Bonchev–Trinajstić information content (AvgIpc) is 3.05. The molecule has 1 aliphatic carbocycles. The summed E-state index contributed by atoms with van der Waals surface area (Å²) in [4.78, 5) is 18.3. The van der Waals surface area contributed by atoms with E-state index in [9.17, 15) is 4.79 Å². The highest BCUT2D eigenvalue weighted by Gasteiger charge is 2.57. The van der Waals surface area contributed by atoms with Crippen molar-refractivity contribution in [3.63, 3.8) is 0 Å². The predicted molar refractivity (Wildman–Crippen MR) is 75.9 cm³/mol. The molecule has 21 heavy (non-hydrogen) atoms. The molecule has 1 saturated carbocycles. The lowest BCUT2D eigenvalue weighted by atomic mass is 10.0. The summed E-state index contributed by atoms with van der Waals surface area (Å²) < 4.78 is 0. The summed E-state index contributed by atoms with van der Waals surface area (Å²) in [6, 6.07) is 1.84. The van der Waals surface area contributed by atoms with E-state index < -0.39 is 5.91 Å². The number of hydrogen-bond acceptors (Lipinski definition) is 5. The first-order valence-corrected chi connectivity index (χ1v) is 7.60. The maximum atomic E-state index is 11.4. The van der Waals surface area contributed by atoms with Crippen molar-refractivity contribution in [2.24, 2.45) is 5.92 Å². The van der Waals surface area contributed by atoms with Gasteiger partial charge in [-0.3, -0.25) is 19.9 Å². The van der Waals surface area contributed by atoms with Crippen molar-refractivity contribution >= 4 is 5.91 Å². The van der Waals surface area contributed by atoms with Crippen molar-refractivity contribution in [1.29, 1.82) is 0 Å². The summed E-state index contributed by atoms with van der Waals surface area (Å²) >= 11 is 0. The van der Waals surface area contributed by atoms with Crippen LogP contribution in [0, 0.1) is 5.92 Å². The van der Waals surface area contributed by atoms with E-state index in [-0.39, 0.29) is 0 Å². The second kappa shape index (κ2) is 4.76. The second-order valence-corrected chi connectivity index (χ2v) is 6.50. The van der Waals surface area contributed by atoms with E-state index in [4.69, 9.17) is 5.21 Å². The minimum absolute atomic E-state index is 0.383. The van der Waals surface area contributed by atoms with E-state index in [1.165, 1.54) is 12.8 Å². The van der Waals surface area contributed by atoms with Crippen LogP contribution in [0.2, 0.25) is 0 Å². The van der Waals surface area contributed by atoms with E-state index in [2.05, 4.69) is 15.2 Å². The minimum atomic E-state index is -0.498. The molecule has 6 heteroatoms. The predicted octanol–water partition coefficient (Wildman–Crippen LogP) is 0.311. The summed E-state index contributed by atoms with van der Waals surface area (Å²) in [5, 5.41) is 12.4. The van der Waals surface area contributed by atoms with Gasteiger partial charge in [0.25, 0.3) is 5.91 Å². The molecule has 0 aromatic carbocycles. The van der Waals surface area contributed by atoms with Gasteiger partial charge in [0.05, 0.1) is 11.3 Å². The summed E-state index contributed by atoms with van der Waals surface area (Å²) in [6.07, 6.45) is 5.09. The normalized spacial score (nSPS) is 30.6. The van der Waals surface area contributed by atoms with Crippen LogP contribution in [0.1, 0.15) is 34.5 Å². The number of piperidine rings is 1. The number of hydrogen-bond donors (Lipinski definition) is 3. The van der Waals surface area contributed by atoms with Gasteiger partial charge in [0.1, 0.15) is 0 Å². The van der Waals surface area contributed by atoms with Gasteiger partial charge in [-0.15, -0.1) is 0 Å². The number of pyridine rings is 1. The van der Waals surface area contributed by atoms with Gasteiger partial charge in [-0.05, 0) is 43.4 Å². The zero-order valence-corrected chi connectivity index (χ0v) is 11.9. The van der Waals surface area contributed by atoms with Crippen LogP contribution in [-0.4, -0.2) is 46.2 Å². The monoisotopic (exact) mass is 288 g/mol. The molecule has 1 aromatic heterocycles. The molecule has 0 spiro atoms. The fourth-order valence-corrected chi connectivity index (χ4v) is 3.91. The Hall–Kier alpha value is -1.50. The van der Waals surface area contributed by atoms with Gasteiger partial charge in [-0.25, -0.2) is 5.48 Å². The Morgan fingerprint density at radius 3 is 3.24 bits per heavy atom. The molecule has 4 rings (SSSR count). The van der Waals surface area contributed by atoms with Gasteiger partial charge in [0, 0.05) is 31.4 Å². The third-order valence-corrected chi connectivity index (χ3v) is 5.20. The Morgan fingerprint density at radius 2 is 2.52 bits per heavy atom. The number of amides is 1. The molecule has 2 atom stereocenters. The van der Waals surface area contributed by atoms with Crippen molar-refractivity contribution < 1.29 is 10.0 Å². The van der Waals surface area contributed by atoms with Gasteiger partial charge >= 0.3 is 0 Å². The molecule has 3 heterocycles. The van der Waals surface area contributed by atoms with E-state index in [1.807, 2.05) is 6.07 Å². The smallest absolute Gasteiger partial charge is 0.276 e. The number of hydroxylamine groups is 1. The van der Waals surface area contributed by atoms with Gasteiger partial charge in [-0.1, -0.05) is 0 Å². The minimum Gasteiger partial charge on any atom is -0.310 e. The van der Waals surface area contributed by atoms with Crippen molar-refractivity contribution in [3.8, 4) is 0 Å². The lowest BCUT2D eigenvalue weighted by molar-refractivity contribution is 0.0705. The fourth-order valence-electron chi connectivity index (χ4n) is 3.91. The molecule has 112 valence electrons. The second-order valence-electron chi connectivity index (χ2n) is 6.50. The molecule has 3 aliphatic rings. The molecule has 0 radical (unpaired) electrons. The van der Waals surface area contributed by atoms with E-state index in [1.54, 1.807) is 11.7 Å². The number of fused-ring (bicyclic) bond motifs is 2. The molecule has 3 N–H and O–H groups in total. The van der Waals surface area contributed by atoms with Gasteiger partial charge < -0.3 is 5.32 Å². The molecule has 2 fully saturated rings. The standard InChI is InChI=1S/C15H20N4O2/c20-14(18-21)11-5-10-2-4-19(8-13(10)16-7-11)9-15-6-12(15)1-3-17-15/h5,7,12,17,21H,1-4,6,8-9H2,(H,18,20). The topological polar surface area (TPSA) is 77.5 Å². The van der Waals surface area contributed by atoms with Gasteiger partial charge in [-0.2, -0.15) is 0 Å². The number of carbonyl (C=O) groups excluding carboxylic acids is 1. The van der Waals surface area contributed by atoms with Crippen LogP contribution in [0.15, 0.2) is 12.3 Å². The van der Waals surface area contributed by atoms with Crippen LogP contribution >= 0.6 is 0 Å². The zero-order chi connectivity index (χ0) is 14.4. The summed E-state index contributed by atoms with van der Waals surface area (Å²) in [6.45, 7) is 4.13. The summed E-state index contributed by atoms with van der Waals surface area (Å²) in [5.74, 6) is 0.380. The molecule has 6 nitrogen and oxygen atoms in total. The molecular weight excluding hydrogens is 268 g/mol. The van der Waals surface area contributed by atoms with E-state index in [0.29, 0.717) is 11.1 Å². The fraction of sp³-hybridized carbons (Fsp3) is 0.600. The Kier molecular flexibility index (Phi) is 2.99. The highest BCUT2D eigenvalue weighted by Crippen LogP contribution is 2.50. The first-order valence-electron chi connectivity index (χ1n) is 7.60. The first kappa shape index (κ1) is 13.2. The van der Waals surface area contributed by atoms with Crippen molar-refractivity contribution in [1.82, 2.24) is 20.7 Å². The SMILES string of the molecule is O=C(NO)c1cnc2c(c1)CCN(CC13CC1CCN3)C2. The Bertz CT molecular complexity index is 591. The van der Waals surface area contributed by atoms with Crippen molar-refractivity contribution in [2.45, 2.75) is 31.3 Å². The summed E-state index contributed by atoms with van der Waals surface area (Å²) in [5.41, 5.74) is 4.64. The largest absolute Gasteiger partial charge is 0.310 e. The number of nitrogens with zero attached hydrogens (tertiary/aromatic N) is 2. The zero-order valence-electron chi connectivity index (χ0n) is 11.9. The Balaban J connectivity index is 1.47. The average molecular weight is 288 g/mol. The van der Waals surface area contributed by atoms with Gasteiger partial charge in [0.15, 0.2) is 0 Å². The van der Waals surface area contributed by atoms with E-state index in [0.717, 1.165) is 49.8 Å². The van der Waals surface area contributed by atoms with Gasteiger partial charge in [0.2, 0.25) is 0 Å². The Labute approximate surface area is 123 Å². The molecular formula is C15H20N4O2. The van der Waals surface area contributed by atoms with Crippen molar-refractivity contribution in [2.75, 3.05) is 19.6 Å². The number of rotatable bonds is 3. The maximum absolute atomic E-state index is 11.4. The van der Waals surface area contributed by atoms with Crippen LogP contribution in [0.25, 0.3) is 0 Å². The van der Waals surface area contributed by atoms with Crippen molar-refractivity contribution in [3.05, 3.63) is 29.1 Å². The molecule has 2 unspecified atom stereocenters. The highest BCUT2D eigenvalue weighted by molar-refractivity contribution is 5.93. The van der Waals surface area contributed by atoms with Crippen LogP contribution in [0.5, 0.6) is 0 Å². The van der Waals surface area contributed by atoms with Crippen LogP contribution in [-0.2, 0) is 13.0 Å². The Morgan fingerprint density at radius 1 is 1.62 bits per heavy atom. The highest BCUT2D eigenvalue weighted by atomic mass is 16.5. The first-order chi connectivity index (χ1) is 10.2. The lowest BCUT2D eigenvalue weighted by Gasteiger charge is -2.31. The van der Waals surface area contributed by atoms with E-state index >= 15 is 0 Å². The molecule has 1 amide bonds. The quantitative estimate of drug-likeness (QED) is 0.551. The lowest BCUT2D eigenvalue weighted by Crippen LogP contribution is -2.44. The number of aromatic nitrogens is 1. The third kappa shape index (κ3) is 2.23. The molecule has 2 aliphatic heterocycles. The number of carbonyl (C=O) groups is 1. The third-order valence-electron chi connectivity index (χ3n) is 5.20. The molecule has 0 bridgehead atoms. The van der Waals surface area contributed by atoms with Crippen LogP contribution < -0.4 is 10.8 Å². The summed E-state index contributed by atoms with van der Waals surface area (Å²) in [7, 11) is 0. The molecule has 1 saturated heterocycles. The van der Waals surface area contributed by atoms with Crippen LogP contribution in [0.3, 0.4) is 0 Å². The number of nitrogens with one attached hydrogen (secondary N) is 2. The molecule has 1 aromatic rings.